The number of rotatable bonds is 32. The maximum absolute atomic E-state index is 12.7. The Morgan fingerprint density at radius 3 is 1.36 bits per heavy atom. The molecule has 0 bridgehead atoms. The lowest BCUT2D eigenvalue weighted by molar-refractivity contribution is -0.305. The number of allylic oxidation sites excluding steroid dienone is 21. The molecule has 10 heteroatoms. The molecule has 0 saturated carbocycles. The monoisotopic (exact) mass is 821 g/mol. The van der Waals surface area contributed by atoms with Gasteiger partial charge in [-0.2, -0.15) is 0 Å². The minimum absolute atomic E-state index is 0.0183. The molecule has 10 nitrogen and oxygen atoms in total. The summed E-state index contributed by atoms with van der Waals surface area (Å²) in [6.07, 6.45) is 47.8. The molecule has 1 heterocycles. The molecule has 1 aliphatic heterocycles. The van der Waals surface area contributed by atoms with Crippen LogP contribution in [0.1, 0.15) is 104 Å². The Kier molecular flexibility index (Phi) is 34.1. The largest absolute Gasteiger partial charge is 0.461 e. The van der Waals surface area contributed by atoms with Gasteiger partial charge in [-0.25, -0.2) is 0 Å². The van der Waals surface area contributed by atoms with Crippen molar-refractivity contribution in [2.24, 2.45) is 0 Å². The number of hydrogen-bond acceptors (Lipinski definition) is 10. The van der Waals surface area contributed by atoms with Crippen molar-refractivity contribution < 1.29 is 49.0 Å². The summed E-state index contributed by atoms with van der Waals surface area (Å²) >= 11 is 0. The van der Waals surface area contributed by atoms with E-state index < -0.39 is 55.4 Å². The molecule has 0 aromatic heterocycles. The van der Waals surface area contributed by atoms with E-state index in [2.05, 4.69) is 117 Å². The van der Waals surface area contributed by atoms with Crippen molar-refractivity contribution >= 4 is 11.9 Å². The highest BCUT2D eigenvalue weighted by molar-refractivity contribution is 5.71. The molecule has 59 heavy (non-hydrogen) atoms. The quantitative estimate of drug-likeness (QED) is 0.0383. The Labute approximate surface area is 354 Å². The van der Waals surface area contributed by atoms with Crippen LogP contribution in [0.3, 0.4) is 0 Å². The molecule has 6 unspecified atom stereocenters. The molecule has 1 fully saturated rings. The van der Waals surface area contributed by atoms with Crippen molar-refractivity contribution in [1.29, 1.82) is 0 Å². The van der Waals surface area contributed by atoms with Crippen LogP contribution in [0, 0.1) is 0 Å². The van der Waals surface area contributed by atoms with Crippen LogP contribution >= 0.6 is 0 Å². The van der Waals surface area contributed by atoms with Gasteiger partial charge in [-0.3, -0.25) is 9.59 Å². The zero-order valence-corrected chi connectivity index (χ0v) is 35.4. The van der Waals surface area contributed by atoms with E-state index in [1.54, 1.807) is 6.08 Å². The number of aliphatic hydroxyl groups excluding tert-OH is 4. The van der Waals surface area contributed by atoms with E-state index in [1.807, 2.05) is 24.3 Å². The van der Waals surface area contributed by atoms with Crippen LogP contribution in [-0.4, -0.2) is 89.0 Å². The molecule has 1 saturated heterocycles. The van der Waals surface area contributed by atoms with E-state index in [4.69, 9.17) is 18.9 Å². The smallest absolute Gasteiger partial charge is 0.309 e. The van der Waals surface area contributed by atoms with E-state index in [9.17, 15) is 30.0 Å². The van der Waals surface area contributed by atoms with Gasteiger partial charge in [-0.05, 0) is 77.0 Å². The molecule has 0 aromatic carbocycles. The van der Waals surface area contributed by atoms with Crippen molar-refractivity contribution in [3.05, 3.63) is 134 Å². The number of hydrogen-bond donors (Lipinski definition) is 4. The normalized spacial score (nSPS) is 21.4. The van der Waals surface area contributed by atoms with Gasteiger partial charge in [0.05, 0.1) is 19.6 Å². The molecule has 4 N–H and O–H groups in total. The highest BCUT2D eigenvalue weighted by atomic mass is 16.7. The summed E-state index contributed by atoms with van der Waals surface area (Å²) in [7, 11) is 0. The fourth-order valence-electron chi connectivity index (χ4n) is 5.28. The second-order valence-corrected chi connectivity index (χ2v) is 13.7. The molecule has 0 radical (unpaired) electrons. The van der Waals surface area contributed by atoms with Crippen molar-refractivity contribution in [2.75, 3.05) is 19.8 Å². The molecule has 0 aromatic rings. The van der Waals surface area contributed by atoms with Crippen molar-refractivity contribution in [1.82, 2.24) is 0 Å². The lowest BCUT2D eigenvalue weighted by Gasteiger charge is -2.39. The summed E-state index contributed by atoms with van der Waals surface area (Å²) in [6.45, 7) is 2.98. The van der Waals surface area contributed by atoms with Crippen molar-refractivity contribution in [2.45, 2.75) is 141 Å². The average Bonchev–Trinajstić information content (AvgIpc) is 3.23. The number of carbonyl (C=O) groups excluding carboxylic acids is 2. The van der Waals surface area contributed by atoms with Crippen molar-refractivity contribution in [3.8, 4) is 0 Å². The minimum Gasteiger partial charge on any atom is -0.461 e. The third kappa shape index (κ3) is 29.7. The fourth-order valence-corrected chi connectivity index (χ4v) is 5.28. The average molecular weight is 821 g/mol. The van der Waals surface area contributed by atoms with E-state index in [0.717, 1.165) is 64.2 Å². The summed E-state index contributed by atoms with van der Waals surface area (Å²) in [5.41, 5.74) is 0. The second-order valence-electron chi connectivity index (χ2n) is 13.7. The van der Waals surface area contributed by atoms with Gasteiger partial charge in [0.2, 0.25) is 0 Å². The zero-order valence-electron chi connectivity index (χ0n) is 35.4. The third-order valence-corrected chi connectivity index (χ3v) is 8.58. The van der Waals surface area contributed by atoms with Gasteiger partial charge < -0.3 is 39.4 Å². The topological polar surface area (TPSA) is 152 Å². The summed E-state index contributed by atoms with van der Waals surface area (Å²) in [5.74, 6) is -1.07. The van der Waals surface area contributed by atoms with Crippen LogP contribution in [0.25, 0.3) is 0 Å². The zero-order chi connectivity index (χ0) is 43.0. The Bertz CT molecular complexity index is 1410. The Balaban J connectivity index is 2.49. The predicted octanol–water partition coefficient (Wildman–Crippen LogP) is 8.88. The van der Waals surface area contributed by atoms with Crippen LogP contribution in [0.15, 0.2) is 134 Å². The number of aliphatic hydroxyl groups is 4. The van der Waals surface area contributed by atoms with Gasteiger partial charge >= 0.3 is 11.9 Å². The Hall–Kier alpha value is -4.16. The van der Waals surface area contributed by atoms with Crippen LogP contribution in [-0.2, 0) is 28.5 Å². The van der Waals surface area contributed by atoms with Crippen LogP contribution in [0.4, 0.5) is 0 Å². The lowest BCUT2D eigenvalue weighted by atomic mass is 9.99. The molecule has 328 valence electrons. The van der Waals surface area contributed by atoms with E-state index in [1.165, 1.54) is 0 Å². The highest BCUT2D eigenvalue weighted by Gasteiger charge is 2.44. The number of esters is 2. The fraction of sp³-hybridized carbons (Fsp3) is 0.510. The van der Waals surface area contributed by atoms with E-state index in [0.29, 0.717) is 12.8 Å². The predicted molar refractivity (Wildman–Crippen MR) is 237 cm³/mol. The summed E-state index contributed by atoms with van der Waals surface area (Å²) < 4.78 is 21.9. The molecule has 6 atom stereocenters. The second kappa shape index (κ2) is 38.1. The van der Waals surface area contributed by atoms with Crippen LogP contribution < -0.4 is 0 Å². The van der Waals surface area contributed by atoms with E-state index in [-0.39, 0.29) is 26.1 Å². The maximum Gasteiger partial charge on any atom is 0.309 e. The van der Waals surface area contributed by atoms with E-state index >= 15 is 0 Å². The molecule has 0 spiro atoms. The van der Waals surface area contributed by atoms with Gasteiger partial charge in [0.25, 0.3) is 0 Å². The maximum atomic E-state index is 12.7. The number of carbonyl (C=O) groups is 2. The highest BCUT2D eigenvalue weighted by Crippen LogP contribution is 2.22. The van der Waals surface area contributed by atoms with Gasteiger partial charge in [0.15, 0.2) is 12.4 Å². The first kappa shape index (κ1) is 52.9. The first-order valence-corrected chi connectivity index (χ1v) is 21.3. The summed E-state index contributed by atoms with van der Waals surface area (Å²) in [6, 6.07) is 0. The standard InChI is InChI=1S/C49H72O10/c1-3-5-7-9-11-13-15-17-19-20-21-22-24-26-28-30-32-34-36-38-45(52)58-42(41-57-49-48(55)47(54)46(53)43(39-50)59-49)40-56-44(51)37-35-33-31-29-27-25-23-18-16-14-12-10-8-6-4-2/h5-8,11-14,17-19,21-23,26-29,32-35,42-43,46-50,53-55H,3-4,9-10,15-16,20,24-25,30-31,36-41H2,1-2H3/b7-5-,8-6-,13-11-,14-12-,19-17-,22-21-,23-18-,28-26-,29-27-,34-32-,35-33-. The molecule has 0 amide bonds. The van der Waals surface area contributed by atoms with Gasteiger partial charge in [0, 0.05) is 6.42 Å². The summed E-state index contributed by atoms with van der Waals surface area (Å²) in [5, 5.41) is 40.0. The summed E-state index contributed by atoms with van der Waals surface area (Å²) in [4.78, 5) is 25.2. The van der Waals surface area contributed by atoms with Gasteiger partial charge in [-0.1, -0.05) is 148 Å². The Morgan fingerprint density at radius 2 is 0.932 bits per heavy atom. The molecular weight excluding hydrogens is 749 g/mol. The minimum atomic E-state index is -1.63. The van der Waals surface area contributed by atoms with Gasteiger partial charge in [-0.15, -0.1) is 0 Å². The number of ether oxygens (including phenoxy) is 4. The first-order valence-electron chi connectivity index (χ1n) is 21.3. The first-order chi connectivity index (χ1) is 28.8. The SMILES string of the molecule is CC/C=C\C/C=C\C/C=C\C/C=C\C/C=C\C/C=C\CCC(=O)OC(COC(=O)C/C=C\C/C=C\C/C=C\C/C=C\C/C=C\CC)COC1OC(CO)C(O)C(O)C1O. The third-order valence-electron chi connectivity index (χ3n) is 8.58. The van der Waals surface area contributed by atoms with Gasteiger partial charge in [0.1, 0.15) is 31.0 Å². The Morgan fingerprint density at radius 1 is 0.525 bits per heavy atom. The molecule has 1 rings (SSSR count). The molecule has 1 aliphatic rings. The lowest BCUT2D eigenvalue weighted by Crippen LogP contribution is -2.59. The van der Waals surface area contributed by atoms with Crippen molar-refractivity contribution in [3.63, 3.8) is 0 Å². The molecule has 0 aliphatic carbocycles. The van der Waals surface area contributed by atoms with Crippen LogP contribution in [0.5, 0.6) is 0 Å². The van der Waals surface area contributed by atoms with Crippen LogP contribution in [0.2, 0.25) is 0 Å². The molecular formula is C49H72O10.